The number of piperazine rings is 1. The molecule has 1 aliphatic heterocycles. The van der Waals surface area contributed by atoms with Crippen molar-refractivity contribution in [2.45, 2.75) is 19.3 Å². The van der Waals surface area contributed by atoms with E-state index in [1.807, 2.05) is 0 Å². The average molecular weight is 457 g/mol. The number of amides is 1. The van der Waals surface area contributed by atoms with Crippen LogP contribution in [0, 0.1) is 5.41 Å². The average Bonchev–Trinajstić information content (AvgIpc) is 2.69. The van der Waals surface area contributed by atoms with Crippen molar-refractivity contribution in [3.05, 3.63) is 40.6 Å². The van der Waals surface area contributed by atoms with Crippen LogP contribution < -0.4 is 10.2 Å². The fourth-order valence-corrected chi connectivity index (χ4v) is 2.98. The monoisotopic (exact) mass is 456 g/mol. The molecule has 5 nitrogen and oxygen atoms in total. The molecule has 12 heteroatoms. The molecule has 0 bridgehead atoms. The molecule has 0 aromatic heterocycles. The molecule has 1 aromatic rings. The van der Waals surface area contributed by atoms with Gasteiger partial charge in [0.15, 0.2) is 5.71 Å². The van der Waals surface area contributed by atoms with Crippen molar-refractivity contribution in [2.24, 2.45) is 0 Å². The summed E-state index contributed by atoms with van der Waals surface area (Å²) >= 11 is 5.53. The van der Waals surface area contributed by atoms with Crippen LogP contribution in [0.5, 0.6) is 0 Å². The highest BCUT2D eigenvalue weighted by molar-refractivity contribution is 6.44. The number of alkyl halides is 6. The van der Waals surface area contributed by atoms with Crippen molar-refractivity contribution < 1.29 is 31.1 Å². The van der Waals surface area contributed by atoms with Crippen molar-refractivity contribution in [3.63, 3.8) is 0 Å². The number of rotatable bonds is 5. The van der Waals surface area contributed by atoms with Crippen molar-refractivity contribution in [2.75, 3.05) is 37.6 Å². The minimum absolute atomic E-state index is 0.157. The Morgan fingerprint density at radius 3 is 2.27 bits per heavy atom. The second kappa shape index (κ2) is 9.15. The molecule has 1 amide bonds. The standard InChI is InChI=1S/C18H19ClF6N4O/c1-11(15(19)16(26)18(23,24)25)27-10-14(30)29-7-5-28(6-8-29)13-4-2-3-12(9-13)17(20,21)22/h2-4,9,26-27H,5-8,10H2,1H3/b15-11+,26-16?. The van der Waals surface area contributed by atoms with E-state index in [4.69, 9.17) is 17.0 Å². The summed E-state index contributed by atoms with van der Waals surface area (Å²) in [5, 5.41) is 8.64. The smallest absolute Gasteiger partial charge is 0.378 e. The predicted molar refractivity (Wildman–Crippen MR) is 101 cm³/mol. The van der Waals surface area contributed by atoms with E-state index in [-0.39, 0.29) is 25.3 Å². The molecule has 1 aliphatic rings. The van der Waals surface area contributed by atoms with Crippen LogP contribution in [0.15, 0.2) is 35.0 Å². The number of carbonyl (C=O) groups is 1. The third-order valence-corrected chi connectivity index (χ3v) is 4.98. The lowest BCUT2D eigenvalue weighted by Crippen LogP contribution is -2.50. The van der Waals surface area contributed by atoms with Crippen molar-refractivity contribution in [1.29, 1.82) is 5.41 Å². The van der Waals surface area contributed by atoms with Crippen LogP contribution in [-0.2, 0) is 11.0 Å². The third-order valence-electron chi connectivity index (χ3n) is 4.51. The largest absolute Gasteiger partial charge is 0.434 e. The first kappa shape index (κ1) is 23.8. The first-order valence-corrected chi connectivity index (χ1v) is 9.15. The second-order valence-corrected chi connectivity index (χ2v) is 6.96. The highest BCUT2D eigenvalue weighted by Gasteiger charge is 2.37. The van der Waals surface area contributed by atoms with E-state index in [1.165, 1.54) is 17.9 Å². The SMILES string of the molecule is C/C(NCC(=O)N1CCN(c2cccc(C(F)(F)F)c2)CC1)=C(\Cl)C(=N)C(F)(F)F. The maximum absolute atomic E-state index is 12.9. The Balaban J connectivity index is 1.91. The van der Waals surface area contributed by atoms with Gasteiger partial charge in [-0.15, -0.1) is 0 Å². The Kier molecular flexibility index (Phi) is 7.27. The van der Waals surface area contributed by atoms with Crippen LogP contribution in [0.25, 0.3) is 0 Å². The second-order valence-electron chi connectivity index (χ2n) is 6.58. The van der Waals surface area contributed by atoms with Gasteiger partial charge in [-0.1, -0.05) is 17.7 Å². The van der Waals surface area contributed by atoms with Crippen LogP contribution in [0.1, 0.15) is 12.5 Å². The zero-order valence-corrected chi connectivity index (χ0v) is 16.5. The fourth-order valence-electron chi connectivity index (χ4n) is 2.80. The molecular formula is C18H19ClF6N4O. The van der Waals surface area contributed by atoms with Gasteiger partial charge in [0.25, 0.3) is 0 Å². The topological polar surface area (TPSA) is 59.4 Å². The molecule has 166 valence electrons. The van der Waals surface area contributed by atoms with Gasteiger partial charge in [0.05, 0.1) is 17.1 Å². The molecule has 0 radical (unpaired) electrons. The molecule has 0 spiro atoms. The Bertz CT molecular complexity index is 829. The Morgan fingerprint density at radius 1 is 1.13 bits per heavy atom. The summed E-state index contributed by atoms with van der Waals surface area (Å²) in [5.74, 6) is -0.402. The van der Waals surface area contributed by atoms with Gasteiger partial charge < -0.3 is 15.1 Å². The van der Waals surface area contributed by atoms with E-state index in [9.17, 15) is 31.1 Å². The number of hydrogen-bond donors (Lipinski definition) is 2. The molecular weight excluding hydrogens is 438 g/mol. The first-order chi connectivity index (χ1) is 13.8. The highest BCUT2D eigenvalue weighted by atomic mass is 35.5. The maximum Gasteiger partial charge on any atom is 0.434 e. The molecule has 1 heterocycles. The fraction of sp³-hybridized carbons (Fsp3) is 0.444. The molecule has 1 saturated heterocycles. The lowest BCUT2D eigenvalue weighted by molar-refractivity contribution is -0.137. The van der Waals surface area contributed by atoms with E-state index >= 15 is 0 Å². The molecule has 1 aromatic carbocycles. The predicted octanol–water partition coefficient (Wildman–Crippen LogP) is 4.00. The quantitative estimate of drug-likeness (QED) is 0.520. The van der Waals surface area contributed by atoms with Crippen molar-refractivity contribution in [3.8, 4) is 0 Å². The normalized spacial score (nSPS) is 16.3. The minimum atomic E-state index is -4.90. The van der Waals surface area contributed by atoms with E-state index in [0.29, 0.717) is 18.8 Å². The summed E-state index contributed by atoms with van der Waals surface area (Å²) in [4.78, 5) is 15.4. The maximum atomic E-state index is 12.9. The first-order valence-electron chi connectivity index (χ1n) is 8.77. The number of hydrogen-bond acceptors (Lipinski definition) is 4. The van der Waals surface area contributed by atoms with Gasteiger partial charge in [-0.05, 0) is 25.1 Å². The van der Waals surface area contributed by atoms with Crippen LogP contribution in [0.4, 0.5) is 32.0 Å². The van der Waals surface area contributed by atoms with E-state index in [1.54, 1.807) is 11.0 Å². The van der Waals surface area contributed by atoms with Crippen molar-refractivity contribution in [1.82, 2.24) is 10.2 Å². The summed E-state index contributed by atoms with van der Waals surface area (Å²) in [6.07, 6.45) is -9.35. The zero-order valence-electron chi connectivity index (χ0n) is 15.8. The van der Waals surface area contributed by atoms with Gasteiger partial charge in [0.1, 0.15) is 0 Å². The molecule has 0 atom stereocenters. The van der Waals surface area contributed by atoms with E-state index in [0.717, 1.165) is 12.1 Å². The Hall–Kier alpha value is -2.43. The Labute approximate surface area is 173 Å². The van der Waals surface area contributed by atoms with Gasteiger partial charge in [-0.2, -0.15) is 26.3 Å². The number of carbonyl (C=O) groups excluding carboxylic acids is 1. The van der Waals surface area contributed by atoms with Crippen LogP contribution in [-0.4, -0.2) is 55.4 Å². The van der Waals surface area contributed by atoms with Gasteiger partial charge in [0.2, 0.25) is 5.91 Å². The van der Waals surface area contributed by atoms with Crippen molar-refractivity contribution >= 4 is 28.9 Å². The number of anilines is 1. The molecule has 2 N–H and O–H groups in total. The highest BCUT2D eigenvalue weighted by Crippen LogP contribution is 2.32. The molecule has 1 fully saturated rings. The van der Waals surface area contributed by atoms with Gasteiger partial charge in [-0.25, -0.2) is 0 Å². The zero-order chi connectivity index (χ0) is 22.7. The molecule has 0 unspecified atom stereocenters. The van der Waals surface area contributed by atoms with Gasteiger partial charge >= 0.3 is 12.4 Å². The van der Waals surface area contributed by atoms with Crippen LogP contribution in [0.2, 0.25) is 0 Å². The van der Waals surface area contributed by atoms with Crippen LogP contribution in [0.3, 0.4) is 0 Å². The number of halogens is 7. The van der Waals surface area contributed by atoms with Crippen LogP contribution >= 0.6 is 11.6 Å². The van der Waals surface area contributed by atoms with Gasteiger partial charge in [-0.3, -0.25) is 10.2 Å². The molecule has 0 aliphatic carbocycles. The lowest BCUT2D eigenvalue weighted by Gasteiger charge is -2.36. The minimum Gasteiger partial charge on any atom is -0.378 e. The summed E-state index contributed by atoms with van der Waals surface area (Å²) in [7, 11) is 0. The van der Waals surface area contributed by atoms with E-state index < -0.39 is 34.6 Å². The van der Waals surface area contributed by atoms with E-state index in [2.05, 4.69) is 5.32 Å². The number of nitrogens with zero attached hydrogens (tertiary/aromatic N) is 2. The number of allylic oxidation sites excluding steroid dienone is 2. The number of nitrogens with one attached hydrogen (secondary N) is 2. The summed E-state index contributed by atoms with van der Waals surface area (Å²) in [5.41, 5.74) is -2.23. The summed E-state index contributed by atoms with van der Waals surface area (Å²) in [6.45, 7) is 2.00. The van der Waals surface area contributed by atoms with Gasteiger partial charge in [0, 0.05) is 37.6 Å². The molecule has 0 saturated carbocycles. The molecule has 2 rings (SSSR count). The number of benzene rings is 1. The third kappa shape index (κ3) is 6.04. The Morgan fingerprint density at radius 2 is 1.73 bits per heavy atom. The lowest BCUT2D eigenvalue weighted by atomic mass is 10.1. The summed E-state index contributed by atoms with van der Waals surface area (Å²) < 4.78 is 76.1. The molecule has 30 heavy (non-hydrogen) atoms. The summed E-state index contributed by atoms with van der Waals surface area (Å²) in [6, 6.07) is 4.90.